The normalized spacial score (nSPS) is 14.4. The molecule has 1 saturated heterocycles. The fraction of sp³-hybridized carbons (Fsp3) is 0.391. The summed E-state index contributed by atoms with van der Waals surface area (Å²) in [4.78, 5) is 15.0. The van der Waals surface area contributed by atoms with Crippen LogP contribution in [0.3, 0.4) is 0 Å². The lowest BCUT2D eigenvalue weighted by Gasteiger charge is -2.29. The number of hydrogen-bond donors (Lipinski definition) is 3. The highest BCUT2D eigenvalue weighted by molar-refractivity contribution is 14.0. The van der Waals surface area contributed by atoms with E-state index in [0.29, 0.717) is 6.54 Å². The van der Waals surface area contributed by atoms with Crippen LogP contribution in [0.25, 0.3) is 10.9 Å². The number of aromatic nitrogens is 2. The zero-order valence-electron chi connectivity index (χ0n) is 17.9. The first-order valence-corrected chi connectivity index (χ1v) is 10.7. The van der Waals surface area contributed by atoms with Gasteiger partial charge in [-0.15, -0.1) is 24.0 Å². The largest absolute Gasteiger partial charge is 0.378 e. The van der Waals surface area contributed by atoms with E-state index in [1.807, 2.05) is 12.3 Å². The molecule has 166 valence electrons. The predicted octanol–water partition coefficient (Wildman–Crippen LogP) is 3.32. The second-order valence-corrected chi connectivity index (χ2v) is 7.32. The van der Waals surface area contributed by atoms with Crippen LogP contribution in [0.15, 0.2) is 53.8 Å². The maximum absolute atomic E-state index is 5.47. The van der Waals surface area contributed by atoms with Crippen LogP contribution in [0.5, 0.6) is 0 Å². The van der Waals surface area contributed by atoms with Gasteiger partial charge in [0.2, 0.25) is 0 Å². The van der Waals surface area contributed by atoms with Crippen LogP contribution >= 0.6 is 24.0 Å². The number of guanidine groups is 1. The number of ether oxygens (including phenoxy) is 1. The van der Waals surface area contributed by atoms with E-state index in [2.05, 4.69) is 69.0 Å². The second-order valence-electron chi connectivity index (χ2n) is 7.32. The number of halogens is 1. The molecule has 3 N–H and O–H groups in total. The van der Waals surface area contributed by atoms with Gasteiger partial charge in [-0.1, -0.05) is 24.3 Å². The van der Waals surface area contributed by atoms with Crippen molar-refractivity contribution in [1.82, 2.24) is 20.6 Å². The van der Waals surface area contributed by atoms with Gasteiger partial charge in [0.1, 0.15) is 5.82 Å². The van der Waals surface area contributed by atoms with E-state index in [1.165, 1.54) is 16.5 Å². The smallest absolute Gasteiger partial charge is 0.191 e. The lowest BCUT2D eigenvalue weighted by atomic mass is 10.1. The van der Waals surface area contributed by atoms with Crippen molar-refractivity contribution in [2.75, 3.05) is 44.3 Å². The van der Waals surface area contributed by atoms with E-state index in [4.69, 9.17) is 9.73 Å². The summed E-state index contributed by atoms with van der Waals surface area (Å²) in [5, 5.41) is 8.09. The molecular formula is C23H31IN6O. The highest BCUT2D eigenvalue weighted by atomic mass is 127. The minimum Gasteiger partial charge on any atom is -0.378 e. The Morgan fingerprint density at radius 3 is 2.81 bits per heavy atom. The molecule has 0 bridgehead atoms. The number of aliphatic imine (C=N–C) groups is 1. The van der Waals surface area contributed by atoms with Gasteiger partial charge in [0, 0.05) is 55.0 Å². The van der Waals surface area contributed by atoms with E-state index < -0.39 is 0 Å². The van der Waals surface area contributed by atoms with Crippen LogP contribution in [-0.4, -0.2) is 55.3 Å². The molecule has 0 saturated carbocycles. The van der Waals surface area contributed by atoms with Crippen molar-refractivity contribution < 1.29 is 4.74 Å². The Morgan fingerprint density at radius 1 is 1.13 bits per heavy atom. The maximum atomic E-state index is 5.47. The molecule has 0 unspecified atom stereocenters. The van der Waals surface area contributed by atoms with Gasteiger partial charge in [0.25, 0.3) is 0 Å². The van der Waals surface area contributed by atoms with Crippen molar-refractivity contribution in [3.05, 3.63) is 59.9 Å². The summed E-state index contributed by atoms with van der Waals surface area (Å²) < 4.78 is 5.47. The lowest BCUT2D eigenvalue weighted by Crippen LogP contribution is -2.38. The average Bonchev–Trinajstić information content (AvgIpc) is 3.21. The van der Waals surface area contributed by atoms with Crippen molar-refractivity contribution in [3.63, 3.8) is 0 Å². The third-order valence-corrected chi connectivity index (χ3v) is 5.29. The predicted molar refractivity (Wildman–Crippen MR) is 138 cm³/mol. The lowest BCUT2D eigenvalue weighted by molar-refractivity contribution is 0.122. The molecule has 1 aromatic carbocycles. The number of fused-ring (bicyclic) bond motifs is 1. The summed E-state index contributed by atoms with van der Waals surface area (Å²) in [5.74, 6) is 1.84. The molecule has 0 amide bonds. The van der Waals surface area contributed by atoms with Crippen molar-refractivity contribution in [3.8, 4) is 0 Å². The Hall–Kier alpha value is -2.33. The summed E-state index contributed by atoms with van der Waals surface area (Å²) in [6, 6.07) is 12.5. The number of benzene rings is 1. The van der Waals surface area contributed by atoms with E-state index >= 15 is 0 Å². The first kappa shape index (κ1) is 23.3. The van der Waals surface area contributed by atoms with Gasteiger partial charge in [0.15, 0.2) is 5.96 Å². The van der Waals surface area contributed by atoms with Gasteiger partial charge in [-0.3, -0.25) is 0 Å². The molecule has 0 radical (unpaired) electrons. The Balaban J connectivity index is 0.00000272. The second kappa shape index (κ2) is 11.9. The Bertz CT molecular complexity index is 983. The van der Waals surface area contributed by atoms with E-state index in [9.17, 15) is 0 Å². The maximum Gasteiger partial charge on any atom is 0.191 e. The molecule has 31 heavy (non-hydrogen) atoms. The number of rotatable bonds is 7. The number of morpholine rings is 1. The number of nitrogens with one attached hydrogen (secondary N) is 3. The first-order valence-electron chi connectivity index (χ1n) is 10.7. The number of pyridine rings is 1. The van der Waals surface area contributed by atoms with Crippen LogP contribution in [-0.2, 0) is 17.7 Å². The Labute approximate surface area is 200 Å². The molecule has 1 aliphatic heterocycles. The van der Waals surface area contributed by atoms with Crippen molar-refractivity contribution in [1.29, 1.82) is 0 Å². The molecule has 7 nitrogen and oxygen atoms in total. The summed E-state index contributed by atoms with van der Waals surface area (Å²) in [6.07, 6.45) is 4.88. The molecule has 1 fully saturated rings. The van der Waals surface area contributed by atoms with Crippen LogP contribution in [0, 0.1) is 0 Å². The van der Waals surface area contributed by atoms with Crippen molar-refractivity contribution >= 4 is 46.7 Å². The number of nitrogens with zero attached hydrogens (tertiary/aromatic N) is 3. The van der Waals surface area contributed by atoms with Gasteiger partial charge in [-0.2, -0.15) is 0 Å². The highest BCUT2D eigenvalue weighted by Gasteiger charge is 2.15. The molecule has 0 aliphatic carbocycles. The third-order valence-electron chi connectivity index (χ3n) is 5.29. The van der Waals surface area contributed by atoms with Crippen LogP contribution in [0.2, 0.25) is 0 Å². The quantitative estimate of drug-likeness (QED) is 0.247. The van der Waals surface area contributed by atoms with Gasteiger partial charge >= 0.3 is 0 Å². The molecular weight excluding hydrogens is 503 g/mol. The third kappa shape index (κ3) is 6.10. The van der Waals surface area contributed by atoms with Crippen LogP contribution in [0.1, 0.15) is 18.1 Å². The first-order chi connectivity index (χ1) is 14.8. The monoisotopic (exact) mass is 534 g/mol. The van der Waals surface area contributed by atoms with E-state index in [-0.39, 0.29) is 24.0 Å². The minimum absolute atomic E-state index is 0. The van der Waals surface area contributed by atoms with Gasteiger partial charge in [-0.25, -0.2) is 9.98 Å². The molecule has 3 aromatic rings. The number of H-pyrrole nitrogens is 1. The van der Waals surface area contributed by atoms with Gasteiger partial charge in [0.05, 0.1) is 19.8 Å². The summed E-state index contributed by atoms with van der Waals surface area (Å²) in [7, 11) is 0. The summed E-state index contributed by atoms with van der Waals surface area (Å²) >= 11 is 0. The average molecular weight is 534 g/mol. The summed E-state index contributed by atoms with van der Waals surface area (Å²) in [5.41, 5.74) is 3.63. The SMILES string of the molecule is CCNC(=NCc1cccnc1N1CCOCC1)NCCc1c[nH]c2ccccc12.I. The van der Waals surface area contributed by atoms with Gasteiger partial charge in [-0.05, 0) is 31.0 Å². The molecule has 8 heteroatoms. The summed E-state index contributed by atoms with van der Waals surface area (Å²) in [6.45, 7) is 7.55. The van der Waals surface area contributed by atoms with Crippen LogP contribution in [0.4, 0.5) is 5.82 Å². The number of anilines is 1. The van der Waals surface area contributed by atoms with E-state index in [1.54, 1.807) is 0 Å². The van der Waals surface area contributed by atoms with Gasteiger partial charge < -0.3 is 25.3 Å². The Kier molecular flexibility index (Phi) is 8.96. The molecule has 3 heterocycles. The molecule has 0 spiro atoms. The number of aromatic amines is 1. The number of para-hydroxylation sites is 1. The topological polar surface area (TPSA) is 77.6 Å². The highest BCUT2D eigenvalue weighted by Crippen LogP contribution is 2.19. The Morgan fingerprint density at radius 2 is 1.97 bits per heavy atom. The standard InChI is InChI=1S/C23H30N6O.HI/c1-2-24-23(26-11-9-18-16-27-21-8-4-3-7-20(18)21)28-17-19-6-5-10-25-22(19)29-12-14-30-15-13-29;/h3-8,10,16,27H,2,9,11-15,17H2,1H3,(H2,24,26,28);1H. The zero-order chi connectivity index (χ0) is 20.6. The fourth-order valence-electron chi connectivity index (χ4n) is 3.77. The number of hydrogen-bond acceptors (Lipinski definition) is 4. The molecule has 0 atom stereocenters. The molecule has 4 rings (SSSR count). The molecule has 2 aromatic heterocycles. The van der Waals surface area contributed by atoms with Crippen LogP contribution < -0.4 is 15.5 Å². The fourth-order valence-corrected chi connectivity index (χ4v) is 3.77. The zero-order valence-corrected chi connectivity index (χ0v) is 20.3. The van der Waals surface area contributed by atoms with Crippen molar-refractivity contribution in [2.24, 2.45) is 4.99 Å². The van der Waals surface area contributed by atoms with Crippen molar-refractivity contribution in [2.45, 2.75) is 19.9 Å². The van der Waals surface area contributed by atoms with E-state index in [0.717, 1.165) is 63.2 Å². The minimum atomic E-state index is 0. The molecule has 1 aliphatic rings.